The molecule has 0 saturated carbocycles. The van der Waals surface area contributed by atoms with E-state index in [1.165, 1.54) is 18.2 Å². The van der Waals surface area contributed by atoms with Crippen LogP contribution in [0, 0.1) is 5.82 Å². The Morgan fingerprint density at radius 2 is 2.25 bits per heavy atom. The van der Waals surface area contributed by atoms with Crippen LogP contribution < -0.4 is 5.32 Å². The summed E-state index contributed by atoms with van der Waals surface area (Å²) in [4.78, 5) is 22.4. The van der Waals surface area contributed by atoms with Gasteiger partial charge in [-0.05, 0) is 17.7 Å². The Labute approximate surface area is 123 Å². The second-order valence-electron chi connectivity index (χ2n) is 3.86. The number of halogens is 2. The molecular formula is C13H13BrFNO4. The fourth-order valence-corrected chi connectivity index (χ4v) is 1.76. The highest BCUT2D eigenvalue weighted by Crippen LogP contribution is 2.16. The van der Waals surface area contributed by atoms with Gasteiger partial charge >= 0.3 is 12.1 Å². The molecule has 5 nitrogen and oxygen atoms in total. The smallest absolute Gasteiger partial charge is 0.408 e. The lowest BCUT2D eigenvalue weighted by molar-refractivity contribution is -0.139. The number of alkyl carbamates (subject to hydrolysis) is 1. The summed E-state index contributed by atoms with van der Waals surface area (Å²) in [7, 11) is 0. The Morgan fingerprint density at radius 1 is 1.55 bits per heavy atom. The molecule has 1 rings (SSSR count). The van der Waals surface area contributed by atoms with Gasteiger partial charge in [0.1, 0.15) is 18.5 Å². The van der Waals surface area contributed by atoms with Crippen molar-refractivity contribution in [1.82, 2.24) is 5.32 Å². The van der Waals surface area contributed by atoms with Crippen LogP contribution in [0.5, 0.6) is 0 Å². The molecule has 0 heterocycles. The third-order valence-electron chi connectivity index (χ3n) is 2.36. The molecule has 1 aromatic carbocycles. The number of hydrogen-bond acceptors (Lipinski definition) is 3. The van der Waals surface area contributed by atoms with E-state index >= 15 is 0 Å². The number of carboxylic acids is 1. The monoisotopic (exact) mass is 345 g/mol. The third-order valence-corrected chi connectivity index (χ3v) is 2.85. The SMILES string of the molecule is C=CCOC(=O)N[C@H](Cc1ccc(Br)cc1F)C(=O)O. The molecule has 7 heteroatoms. The molecule has 0 aliphatic heterocycles. The van der Waals surface area contributed by atoms with Crippen LogP contribution >= 0.6 is 15.9 Å². The molecule has 1 atom stereocenters. The van der Waals surface area contributed by atoms with Crippen molar-refractivity contribution in [3.8, 4) is 0 Å². The molecular weight excluding hydrogens is 333 g/mol. The molecule has 0 bridgehead atoms. The molecule has 0 spiro atoms. The van der Waals surface area contributed by atoms with E-state index in [9.17, 15) is 14.0 Å². The summed E-state index contributed by atoms with van der Waals surface area (Å²) in [5, 5.41) is 11.2. The van der Waals surface area contributed by atoms with E-state index in [-0.39, 0.29) is 18.6 Å². The van der Waals surface area contributed by atoms with E-state index in [2.05, 4.69) is 32.6 Å². The first-order chi connectivity index (χ1) is 9.43. The van der Waals surface area contributed by atoms with Crippen LogP contribution in [-0.4, -0.2) is 29.8 Å². The maximum atomic E-state index is 13.6. The van der Waals surface area contributed by atoms with Crippen molar-refractivity contribution < 1.29 is 23.8 Å². The highest BCUT2D eigenvalue weighted by Gasteiger charge is 2.22. The van der Waals surface area contributed by atoms with Gasteiger partial charge < -0.3 is 15.2 Å². The van der Waals surface area contributed by atoms with Crippen molar-refractivity contribution in [2.45, 2.75) is 12.5 Å². The molecule has 1 amide bonds. The lowest BCUT2D eigenvalue weighted by atomic mass is 10.1. The fourth-order valence-electron chi connectivity index (χ4n) is 1.43. The van der Waals surface area contributed by atoms with Crippen molar-refractivity contribution in [1.29, 1.82) is 0 Å². The second kappa shape index (κ2) is 7.64. The van der Waals surface area contributed by atoms with E-state index in [0.717, 1.165) is 0 Å². The zero-order chi connectivity index (χ0) is 15.1. The van der Waals surface area contributed by atoms with Gasteiger partial charge in [0.25, 0.3) is 0 Å². The molecule has 0 aliphatic rings. The minimum Gasteiger partial charge on any atom is -0.480 e. The van der Waals surface area contributed by atoms with E-state index in [0.29, 0.717) is 4.47 Å². The number of amides is 1. The molecule has 0 aliphatic carbocycles. The average Bonchev–Trinajstić information content (AvgIpc) is 2.38. The van der Waals surface area contributed by atoms with E-state index in [4.69, 9.17) is 5.11 Å². The molecule has 0 unspecified atom stereocenters. The Bertz CT molecular complexity index is 521. The van der Waals surface area contributed by atoms with Crippen molar-refractivity contribution >= 4 is 28.0 Å². The molecule has 2 N–H and O–H groups in total. The number of hydrogen-bond donors (Lipinski definition) is 2. The predicted octanol–water partition coefficient (Wildman–Crippen LogP) is 2.50. The maximum absolute atomic E-state index is 13.6. The lowest BCUT2D eigenvalue weighted by Crippen LogP contribution is -2.42. The summed E-state index contributed by atoms with van der Waals surface area (Å²) in [5.74, 6) is -1.82. The molecule has 20 heavy (non-hydrogen) atoms. The van der Waals surface area contributed by atoms with Crippen molar-refractivity contribution in [2.24, 2.45) is 0 Å². The summed E-state index contributed by atoms with van der Waals surface area (Å²) in [6.45, 7) is 3.32. The molecule has 0 aromatic heterocycles. The number of aliphatic carboxylic acids is 1. The van der Waals surface area contributed by atoms with Crippen molar-refractivity contribution in [3.63, 3.8) is 0 Å². The van der Waals surface area contributed by atoms with Gasteiger partial charge in [0, 0.05) is 10.9 Å². The Balaban J connectivity index is 2.74. The van der Waals surface area contributed by atoms with Gasteiger partial charge in [-0.1, -0.05) is 34.7 Å². The van der Waals surface area contributed by atoms with E-state index < -0.39 is 23.9 Å². The van der Waals surface area contributed by atoms with Gasteiger partial charge in [-0.25, -0.2) is 14.0 Å². The second-order valence-corrected chi connectivity index (χ2v) is 4.78. The summed E-state index contributed by atoms with van der Waals surface area (Å²) in [6.07, 6.45) is 0.274. The van der Waals surface area contributed by atoms with Crippen molar-refractivity contribution in [2.75, 3.05) is 6.61 Å². The van der Waals surface area contributed by atoms with Crippen LogP contribution in [0.2, 0.25) is 0 Å². The Hall–Kier alpha value is -1.89. The summed E-state index contributed by atoms with van der Waals surface area (Å²) in [5.41, 5.74) is 0.185. The molecule has 0 saturated heterocycles. The minimum atomic E-state index is -1.28. The predicted molar refractivity (Wildman–Crippen MR) is 73.9 cm³/mol. The van der Waals surface area contributed by atoms with Crippen LogP contribution in [0.3, 0.4) is 0 Å². The third kappa shape index (κ3) is 5.00. The van der Waals surface area contributed by atoms with Crippen LogP contribution in [0.25, 0.3) is 0 Å². The first-order valence-electron chi connectivity index (χ1n) is 5.65. The molecule has 1 aromatic rings. The summed E-state index contributed by atoms with van der Waals surface area (Å²) < 4.78 is 18.8. The molecule has 0 radical (unpaired) electrons. The van der Waals surface area contributed by atoms with Crippen LogP contribution in [0.1, 0.15) is 5.56 Å². The highest BCUT2D eigenvalue weighted by molar-refractivity contribution is 9.10. The van der Waals surface area contributed by atoms with Crippen molar-refractivity contribution in [3.05, 3.63) is 46.7 Å². The van der Waals surface area contributed by atoms with Gasteiger partial charge in [-0.2, -0.15) is 0 Å². The first kappa shape index (κ1) is 16.2. The van der Waals surface area contributed by atoms with Gasteiger partial charge in [-0.3, -0.25) is 0 Å². The number of nitrogens with one attached hydrogen (secondary N) is 1. The van der Waals surface area contributed by atoms with E-state index in [1.54, 1.807) is 6.07 Å². The summed E-state index contributed by atoms with van der Waals surface area (Å²) in [6, 6.07) is 2.99. The minimum absolute atomic E-state index is 0.0369. The standard InChI is InChI=1S/C13H13BrFNO4/c1-2-5-20-13(19)16-11(12(17)18)6-8-3-4-9(14)7-10(8)15/h2-4,7,11H,1,5-6H2,(H,16,19)(H,17,18)/t11-/m1/s1. The van der Waals surface area contributed by atoms with Gasteiger partial charge in [0.15, 0.2) is 0 Å². The number of carboxylic acid groups (broad SMARTS) is 1. The van der Waals surface area contributed by atoms with Gasteiger partial charge in [-0.15, -0.1) is 0 Å². The normalized spacial score (nSPS) is 11.5. The Morgan fingerprint density at radius 3 is 2.80 bits per heavy atom. The van der Waals surface area contributed by atoms with Crippen LogP contribution in [0.15, 0.2) is 35.3 Å². The fraction of sp³-hybridized carbons (Fsp3) is 0.231. The zero-order valence-electron chi connectivity index (χ0n) is 10.4. The summed E-state index contributed by atoms with van der Waals surface area (Å²) >= 11 is 3.10. The van der Waals surface area contributed by atoms with Gasteiger partial charge in [0.2, 0.25) is 0 Å². The Kier molecular flexibility index (Phi) is 6.17. The van der Waals surface area contributed by atoms with Gasteiger partial charge in [0.05, 0.1) is 0 Å². The number of rotatable bonds is 6. The zero-order valence-corrected chi connectivity index (χ0v) is 12.0. The highest BCUT2D eigenvalue weighted by atomic mass is 79.9. The largest absolute Gasteiger partial charge is 0.480 e. The van der Waals surface area contributed by atoms with Crippen LogP contribution in [-0.2, 0) is 16.0 Å². The van der Waals surface area contributed by atoms with Crippen LogP contribution in [0.4, 0.5) is 9.18 Å². The average molecular weight is 346 g/mol. The topological polar surface area (TPSA) is 75.6 Å². The first-order valence-corrected chi connectivity index (χ1v) is 6.44. The van der Waals surface area contributed by atoms with E-state index in [1.807, 2.05) is 0 Å². The number of benzene rings is 1. The number of ether oxygens (including phenoxy) is 1. The quantitative estimate of drug-likeness (QED) is 0.776. The lowest BCUT2D eigenvalue weighted by Gasteiger charge is -2.14. The number of carbonyl (C=O) groups excluding carboxylic acids is 1. The molecule has 108 valence electrons. The maximum Gasteiger partial charge on any atom is 0.408 e. The molecule has 0 fully saturated rings. The number of carbonyl (C=O) groups is 2.